The van der Waals surface area contributed by atoms with Gasteiger partial charge in [-0.15, -0.1) is 0 Å². The van der Waals surface area contributed by atoms with Crippen molar-refractivity contribution in [1.29, 1.82) is 0 Å². The minimum atomic E-state index is -0.0898. The van der Waals surface area contributed by atoms with Crippen molar-refractivity contribution in [2.45, 2.75) is 69.7 Å². The second-order valence-corrected chi connectivity index (χ2v) is 7.45. The van der Waals surface area contributed by atoms with Gasteiger partial charge in [-0.3, -0.25) is 4.90 Å². The first-order valence-corrected chi connectivity index (χ1v) is 9.38. The molecule has 3 nitrogen and oxygen atoms in total. The summed E-state index contributed by atoms with van der Waals surface area (Å²) in [6.07, 6.45) is 6.99. The Morgan fingerprint density at radius 1 is 1.24 bits per heavy atom. The first-order valence-electron chi connectivity index (χ1n) is 8.44. The number of hydrogen-bond donors (Lipinski definition) is 2. The molecule has 2 aliphatic rings. The van der Waals surface area contributed by atoms with Crippen LogP contribution in [0.1, 0.15) is 57.1 Å². The molecule has 2 fully saturated rings. The molecule has 0 spiro atoms. The first kappa shape index (κ1) is 15.5. The lowest BCUT2D eigenvalue weighted by Crippen LogP contribution is -2.51. The highest BCUT2D eigenvalue weighted by atomic mass is 32.1. The number of aliphatic hydroxyl groups is 1. The molecule has 1 saturated heterocycles. The molecule has 1 aliphatic carbocycles. The van der Waals surface area contributed by atoms with Gasteiger partial charge in [-0.25, -0.2) is 0 Å². The fourth-order valence-corrected chi connectivity index (χ4v) is 4.64. The molecule has 2 heterocycles. The third kappa shape index (κ3) is 3.86. The zero-order valence-corrected chi connectivity index (χ0v) is 13.8. The van der Waals surface area contributed by atoms with E-state index in [0.717, 1.165) is 19.5 Å². The van der Waals surface area contributed by atoms with Crippen LogP contribution in [0.4, 0.5) is 0 Å². The van der Waals surface area contributed by atoms with Crippen LogP contribution in [0.15, 0.2) is 16.8 Å². The maximum Gasteiger partial charge on any atom is 0.0695 e. The summed E-state index contributed by atoms with van der Waals surface area (Å²) in [5.74, 6) is 0. The lowest BCUT2D eigenvalue weighted by Gasteiger charge is -2.42. The van der Waals surface area contributed by atoms with Crippen LogP contribution >= 0.6 is 11.3 Å². The second-order valence-electron chi connectivity index (χ2n) is 6.67. The highest BCUT2D eigenvalue weighted by molar-refractivity contribution is 7.07. The van der Waals surface area contributed by atoms with Crippen molar-refractivity contribution < 1.29 is 5.11 Å². The van der Waals surface area contributed by atoms with Crippen molar-refractivity contribution in [3.05, 3.63) is 22.4 Å². The van der Waals surface area contributed by atoms with E-state index in [0.29, 0.717) is 18.1 Å². The maximum absolute atomic E-state index is 10.2. The number of likely N-dealkylation sites (tertiary alicyclic amines) is 1. The Morgan fingerprint density at radius 3 is 2.67 bits per heavy atom. The third-order valence-corrected chi connectivity index (χ3v) is 5.92. The minimum Gasteiger partial charge on any atom is -0.391 e. The van der Waals surface area contributed by atoms with E-state index in [4.69, 9.17) is 0 Å². The van der Waals surface area contributed by atoms with Crippen LogP contribution in [-0.4, -0.2) is 41.3 Å². The normalized spacial score (nSPS) is 30.4. The number of piperidine rings is 1. The van der Waals surface area contributed by atoms with Crippen LogP contribution in [0.3, 0.4) is 0 Å². The van der Waals surface area contributed by atoms with E-state index >= 15 is 0 Å². The monoisotopic (exact) mass is 308 g/mol. The molecule has 118 valence electrons. The largest absolute Gasteiger partial charge is 0.391 e. The summed E-state index contributed by atoms with van der Waals surface area (Å²) in [7, 11) is 0. The Bertz CT molecular complexity index is 414. The SMILES string of the molecule is CC(NC1CCN(C2CCCCC2O)CC1)c1ccsc1. The third-order valence-electron chi connectivity index (χ3n) is 5.22. The summed E-state index contributed by atoms with van der Waals surface area (Å²) in [6.45, 7) is 4.53. The number of aliphatic hydroxyl groups excluding tert-OH is 1. The van der Waals surface area contributed by atoms with Gasteiger partial charge in [-0.1, -0.05) is 12.8 Å². The molecule has 0 aromatic carbocycles. The number of hydrogen-bond acceptors (Lipinski definition) is 4. The number of thiophene rings is 1. The van der Waals surface area contributed by atoms with E-state index < -0.39 is 0 Å². The van der Waals surface area contributed by atoms with Crippen LogP contribution < -0.4 is 5.32 Å². The highest BCUT2D eigenvalue weighted by Crippen LogP contribution is 2.26. The van der Waals surface area contributed by atoms with Gasteiger partial charge in [0.15, 0.2) is 0 Å². The fourth-order valence-electron chi connectivity index (χ4n) is 3.89. The first-order chi connectivity index (χ1) is 10.2. The molecule has 1 saturated carbocycles. The quantitative estimate of drug-likeness (QED) is 0.897. The molecule has 21 heavy (non-hydrogen) atoms. The van der Waals surface area contributed by atoms with Crippen molar-refractivity contribution in [3.63, 3.8) is 0 Å². The Labute approximate surface area is 132 Å². The average molecular weight is 308 g/mol. The van der Waals surface area contributed by atoms with E-state index in [1.165, 1.54) is 37.7 Å². The van der Waals surface area contributed by atoms with E-state index in [1.807, 2.05) is 0 Å². The van der Waals surface area contributed by atoms with Crippen LogP contribution in [0.5, 0.6) is 0 Å². The zero-order valence-electron chi connectivity index (χ0n) is 13.0. The van der Waals surface area contributed by atoms with Gasteiger partial charge in [-0.2, -0.15) is 11.3 Å². The van der Waals surface area contributed by atoms with E-state index in [2.05, 4.69) is 34.0 Å². The molecule has 1 aromatic rings. The Hall–Kier alpha value is -0.420. The van der Waals surface area contributed by atoms with Gasteiger partial charge in [0.1, 0.15) is 0 Å². The predicted octanol–water partition coefficient (Wildman–Crippen LogP) is 3.17. The predicted molar refractivity (Wildman–Crippen MR) is 88.7 cm³/mol. The van der Waals surface area contributed by atoms with Crippen LogP contribution in [0, 0.1) is 0 Å². The van der Waals surface area contributed by atoms with E-state index in [-0.39, 0.29) is 6.10 Å². The lowest BCUT2D eigenvalue weighted by atomic mass is 9.89. The van der Waals surface area contributed by atoms with Gasteiger partial charge in [0.2, 0.25) is 0 Å². The van der Waals surface area contributed by atoms with E-state index in [1.54, 1.807) is 11.3 Å². The Balaban J connectivity index is 1.46. The fraction of sp³-hybridized carbons (Fsp3) is 0.765. The van der Waals surface area contributed by atoms with Gasteiger partial charge < -0.3 is 10.4 Å². The standard InChI is InChI=1S/C17H28N2OS/c1-13(14-8-11-21-12-14)18-15-6-9-19(10-7-15)16-4-2-3-5-17(16)20/h8,11-13,15-18,20H,2-7,9-10H2,1H3. The smallest absolute Gasteiger partial charge is 0.0695 e. The van der Waals surface area contributed by atoms with Gasteiger partial charge in [-0.05, 0) is 55.0 Å². The highest BCUT2D eigenvalue weighted by Gasteiger charge is 2.31. The summed E-state index contributed by atoms with van der Waals surface area (Å²) in [5.41, 5.74) is 1.41. The number of nitrogens with one attached hydrogen (secondary N) is 1. The summed E-state index contributed by atoms with van der Waals surface area (Å²) >= 11 is 1.77. The molecular formula is C17H28N2OS. The maximum atomic E-state index is 10.2. The van der Waals surface area contributed by atoms with Gasteiger partial charge in [0.25, 0.3) is 0 Å². The molecule has 4 heteroatoms. The molecule has 3 unspecified atom stereocenters. The second kappa shape index (κ2) is 7.23. The summed E-state index contributed by atoms with van der Waals surface area (Å²) in [4.78, 5) is 2.54. The van der Waals surface area contributed by atoms with Crippen molar-refractivity contribution in [3.8, 4) is 0 Å². The zero-order chi connectivity index (χ0) is 14.7. The van der Waals surface area contributed by atoms with Crippen LogP contribution in [-0.2, 0) is 0 Å². The minimum absolute atomic E-state index is 0.0898. The van der Waals surface area contributed by atoms with Crippen molar-refractivity contribution in [2.24, 2.45) is 0 Å². The van der Waals surface area contributed by atoms with Crippen LogP contribution in [0.25, 0.3) is 0 Å². The average Bonchev–Trinajstić information content (AvgIpc) is 3.03. The molecule has 2 N–H and O–H groups in total. The molecule has 3 rings (SSSR count). The molecule has 3 atom stereocenters. The van der Waals surface area contributed by atoms with Crippen molar-refractivity contribution >= 4 is 11.3 Å². The molecular weight excluding hydrogens is 280 g/mol. The van der Waals surface area contributed by atoms with Gasteiger partial charge >= 0.3 is 0 Å². The Kier molecular flexibility index (Phi) is 5.33. The molecule has 0 bridgehead atoms. The van der Waals surface area contributed by atoms with Crippen LogP contribution in [0.2, 0.25) is 0 Å². The summed E-state index contributed by atoms with van der Waals surface area (Å²) in [5, 5.41) is 18.4. The summed E-state index contributed by atoms with van der Waals surface area (Å²) in [6, 6.07) is 3.72. The summed E-state index contributed by atoms with van der Waals surface area (Å²) < 4.78 is 0. The topological polar surface area (TPSA) is 35.5 Å². The molecule has 0 amide bonds. The van der Waals surface area contributed by atoms with E-state index in [9.17, 15) is 5.11 Å². The molecule has 0 radical (unpaired) electrons. The Morgan fingerprint density at radius 2 is 2.00 bits per heavy atom. The van der Waals surface area contributed by atoms with Gasteiger partial charge in [0, 0.05) is 31.2 Å². The lowest BCUT2D eigenvalue weighted by molar-refractivity contribution is 0.00671. The number of nitrogens with zero attached hydrogens (tertiary/aromatic N) is 1. The van der Waals surface area contributed by atoms with Gasteiger partial charge in [0.05, 0.1) is 6.10 Å². The van der Waals surface area contributed by atoms with Crippen molar-refractivity contribution in [1.82, 2.24) is 10.2 Å². The number of rotatable bonds is 4. The van der Waals surface area contributed by atoms with Crippen molar-refractivity contribution in [2.75, 3.05) is 13.1 Å². The molecule has 1 aromatic heterocycles. The molecule has 1 aliphatic heterocycles.